The van der Waals surface area contributed by atoms with E-state index in [1.54, 1.807) is 0 Å². The predicted octanol–water partition coefficient (Wildman–Crippen LogP) is 1.90. The van der Waals surface area contributed by atoms with Gasteiger partial charge in [0, 0.05) is 24.5 Å². The Morgan fingerprint density at radius 2 is 1.88 bits per heavy atom. The van der Waals surface area contributed by atoms with E-state index >= 15 is 0 Å². The molecule has 1 aliphatic heterocycles. The SMILES string of the molecule is NC1CCC(C(=O)N2CCCC3CCCC32)C1. The Morgan fingerprint density at radius 1 is 1.06 bits per heavy atom. The Bertz CT molecular complexity index is 305. The van der Waals surface area contributed by atoms with Crippen LogP contribution in [0.25, 0.3) is 0 Å². The smallest absolute Gasteiger partial charge is 0.225 e. The van der Waals surface area contributed by atoms with Gasteiger partial charge in [0.2, 0.25) is 5.91 Å². The van der Waals surface area contributed by atoms with E-state index in [0.717, 1.165) is 31.7 Å². The van der Waals surface area contributed by atoms with E-state index in [4.69, 9.17) is 5.73 Å². The lowest BCUT2D eigenvalue weighted by atomic mass is 9.90. The molecule has 0 aromatic carbocycles. The van der Waals surface area contributed by atoms with E-state index in [2.05, 4.69) is 4.90 Å². The lowest BCUT2D eigenvalue weighted by Gasteiger charge is -2.39. The van der Waals surface area contributed by atoms with Crippen LogP contribution in [-0.4, -0.2) is 29.4 Å². The summed E-state index contributed by atoms with van der Waals surface area (Å²) in [5, 5.41) is 0. The van der Waals surface area contributed by atoms with E-state index in [1.165, 1.54) is 32.1 Å². The third kappa shape index (κ3) is 2.10. The van der Waals surface area contributed by atoms with Gasteiger partial charge in [0.05, 0.1) is 0 Å². The molecule has 2 saturated carbocycles. The summed E-state index contributed by atoms with van der Waals surface area (Å²) in [5.41, 5.74) is 5.93. The molecule has 3 rings (SSSR count). The molecule has 3 heteroatoms. The highest BCUT2D eigenvalue weighted by molar-refractivity contribution is 5.79. The van der Waals surface area contributed by atoms with Crippen molar-refractivity contribution in [1.82, 2.24) is 4.90 Å². The third-order valence-electron chi connectivity index (χ3n) is 5.10. The summed E-state index contributed by atoms with van der Waals surface area (Å²) < 4.78 is 0. The molecule has 0 aromatic rings. The molecule has 96 valence electrons. The van der Waals surface area contributed by atoms with Crippen LogP contribution in [0.5, 0.6) is 0 Å². The van der Waals surface area contributed by atoms with Crippen molar-refractivity contribution in [3.8, 4) is 0 Å². The number of piperidine rings is 1. The molecule has 1 amide bonds. The second-order valence-corrected chi connectivity index (χ2v) is 6.20. The van der Waals surface area contributed by atoms with Gasteiger partial charge in [0.15, 0.2) is 0 Å². The van der Waals surface area contributed by atoms with Crippen LogP contribution in [0.1, 0.15) is 51.4 Å². The van der Waals surface area contributed by atoms with Gasteiger partial charge in [0.1, 0.15) is 0 Å². The average molecular weight is 236 g/mol. The first-order valence-electron chi connectivity index (χ1n) is 7.32. The van der Waals surface area contributed by atoms with Crippen LogP contribution in [0.4, 0.5) is 0 Å². The first-order valence-corrected chi connectivity index (χ1v) is 7.32. The van der Waals surface area contributed by atoms with Crippen LogP contribution >= 0.6 is 0 Å². The topological polar surface area (TPSA) is 46.3 Å². The number of likely N-dealkylation sites (tertiary alicyclic amines) is 1. The van der Waals surface area contributed by atoms with Gasteiger partial charge in [-0.2, -0.15) is 0 Å². The summed E-state index contributed by atoms with van der Waals surface area (Å²) in [7, 11) is 0. The van der Waals surface area contributed by atoms with Crippen LogP contribution in [-0.2, 0) is 4.79 Å². The molecule has 17 heavy (non-hydrogen) atoms. The van der Waals surface area contributed by atoms with Gasteiger partial charge in [-0.3, -0.25) is 4.79 Å². The van der Waals surface area contributed by atoms with Crippen molar-refractivity contribution in [2.45, 2.75) is 63.5 Å². The zero-order valence-corrected chi connectivity index (χ0v) is 10.6. The molecule has 0 aromatic heterocycles. The van der Waals surface area contributed by atoms with E-state index in [1.807, 2.05) is 0 Å². The van der Waals surface area contributed by atoms with E-state index in [-0.39, 0.29) is 12.0 Å². The summed E-state index contributed by atoms with van der Waals surface area (Å²) in [6.07, 6.45) is 9.46. The zero-order chi connectivity index (χ0) is 11.8. The molecule has 2 N–H and O–H groups in total. The Morgan fingerprint density at radius 3 is 2.65 bits per heavy atom. The highest BCUT2D eigenvalue weighted by atomic mass is 16.2. The monoisotopic (exact) mass is 236 g/mol. The lowest BCUT2D eigenvalue weighted by molar-refractivity contribution is -0.140. The number of hydrogen-bond donors (Lipinski definition) is 1. The maximum Gasteiger partial charge on any atom is 0.225 e. The van der Waals surface area contributed by atoms with Gasteiger partial charge in [-0.15, -0.1) is 0 Å². The van der Waals surface area contributed by atoms with Gasteiger partial charge in [-0.05, 0) is 50.9 Å². The van der Waals surface area contributed by atoms with Crippen molar-refractivity contribution < 1.29 is 4.79 Å². The normalized spacial score (nSPS) is 41.6. The van der Waals surface area contributed by atoms with Gasteiger partial charge in [0.25, 0.3) is 0 Å². The summed E-state index contributed by atoms with van der Waals surface area (Å²) in [5.74, 6) is 1.47. The largest absolute Gasteiger partial charge is 0.339 e. The van der Waals surface area contributed by atoms with Crippen molar-refractivity contribution in [1.29, 1.82) is 0 Å². The maximum absolute atomic E-state index is 12.6. The zero-order valence-electron chi connectivity index (χ0n) is 10.6. The van der Waals surface area contributed by atoms with Crippen LogP contribution in [0, 0.1) is 11.8 Å². The molecular formula is C14H24N2O. The van der Waals surface area contributed by atoms with Crippen LogP contribution in [0.3, 0.4) is 0 Å². The Hall–Kier alpha value is -0.570. The van der Waals surface area contributed by atoms with Crippen LogP contribution < -0.4 is 5.73 Å². The van der Waals surface area contributed by atoms with Crippen LogP contribution in [0.15, 0.2) is 0 Å². The second-order valence-electron chi connectivity index (χ2n) is 6.20. The number of nitrogens with zero attached hydrogens (tertiary/aromatic N) is 1. The van der Waals surface area contributed by atoms with E-state index < -0.39 is 0 Å². The fraction of sp³-hybridized carbons (Fsp3) is 0.929. The van der Waals surface area contributed by atoms with Gasteiger partial charge < -0.3 is 10.6 Å². The quantitative estimate of drug-likeness (QED) is 0.756. The molecule has 1 heterocycles. The number of fused-ring (bicyclic) bond motifs is 1. The molecule has 3 aliphatic rings. The first kappa shape index (κ1) is 11.5. The summed E-state index contributed by atoms with van der Waals surface area (Å²) in [6.45, 7) is 1.01. The summed E-state index contributed by atoms with van der Waals surface area (Å²) >= 11 is 0. The van der Waals surface area contributed by atoms with Crippen molar-refractivity contribution in [2.75, 3.05) is 6.54 Å². The maximum atomic E-state index is 12.6. The highest BCUT2D eigenvalue weighted by Crippen LogP contribution is 2.38. The number of nitrogens with two attached hydrogens (primary N) is 1. The van der Waals surface area contributed by atoms with Crippen LogP contribution in [0.2, 0.25) is 0 Å². The third-order valence-corrected chi connectivity index (χ3v) is 5.10. The predicted molar refractivity (Wildman–Crippen MR) is 67.4 cm³/mol. The van der Waals surface area contributed by atoms with E-state index in [0.29, 0.717) is 11.9 Å². The average Bonchev–Trinajstić information content (AvgIpc) is 2.95. The second kappa shape index (κ2) is 4.60. The lowest BCUT2D eigenvalue weighted by Crippen LogP contribution is -2.48. The molecule has 0 bridgehead atoms. The molecule has 3 fully saturated rings. The molecule has 4 atom stereocenters. The van der Waals surface area contributed by atoms with Gasteiger partial charge in [-0.25, -0.2) is 0 Å². The fourth-order valence-electron chi connectivity index (χ4n) is 4.20. The number of rotatable bonds is 1. The Kier molecular flexibility index (Phi) is 3.12. The van der Waals surface area contributed by atoms with Crippen molar-refractivity contribution >= 4 is 5.91 Å². The molecule has 4 unspecified atom stereocenters. The molecular weight excluding hydrogens is 212 g/mol. The van der Waals surface area contributed by atoms with Crippen molar-refractivity contribution in [3.63, 3.8) is 0 Å². The number of carbonyl (C=O) groups excluding carboxylic acids is 1. The number of amides is 1. The summed E-state index contributed by atoms with van der Waals surface area (Å²) in [4.78, 5) is 14.8. The standard InChI is InChI=1S/C14H24N2O/c15-12-7-6-11(9-12)14(17)16-8-2-4-10-3-1-5-13(10)16/h10-13H,1-9,15H2. The number of carbonyl (C=O) groups is 1. The minimum atomic E-state index is 0.240. The molecule has 1 saturated heterocycles. The van der Waals surface area contributed by atoms with E-state index in [9.17, 15) is 4.79 Å². The van der Waals surface area contributed by atoms with Crippen molar-refractivity contribution in [3.05, 3.63) is 0 Å². The molecule has 2 aliphatic carbocycles. The fourth-order valence-corrected chi connectivity index (χ4v) is 4.20. The summed E-state index contributed by atoms with van der Waals surface area (Å²) in [6, 6.07) is 0.848. The first-order chi connectivity index (χ1) is 8.25. The highest BCUT2D eigenvalue weighted by Gasteiger charge is 2.40. The Labute approximate surface area is 104 Å². The minimum absolute atomic E-state index is 0.240. The van der Waals surface area contributed by atoms with Gasteiger partial charge >= 0.3 is 0 Å². The molecule has 3 nitrogen and oxygen atoms in total. The number of hydrogen-bond acceptors (Lipinski definition) is 2. The molecule has 0 radical (unpaired) electrons. The Balaban J connectivity index is 1.68. The van der Waals surface area contributed by atoms with Crippen molar-refractivity contribution in [2.24, 2.45) is 17.6 Å². The van der Waals surface area contributed by atoms with Gasteiger partial charge in [-0.1, -0.05) is 6.42 Å². The molecule has 0 spiro atoms. The minimum Gasteiger partial charge on any atom is -0.339 e.